The minimum atomic E-state index is 0.149. The minimum absolute atomic E-state index is 0.149. The molecule has 0 radical (unpaired) electrons. The molecular weight excluding hydrogens is 268 g/mol. The molecular formula is C16H24N2OS. The van der Waals surface area contributed by atoms with Crippen molar-refractivity contribution in [3.05, 3.63) is 29.8 Å². The molecule has 0 heterocycles. The van der Waals surface area contributed by atoms with Crippen molar-refractivity contribution in [2.45, 2.75) is 37.6 Å². The number of rotatable bonds is 9. The van der Waals surface area contributed by atoms with Gasteiger partial charge in [0.2, 0.25) is 5.91 Å². The quantitative estimate of drug-likeness (QED) is 0.543. The van der Waals surface area contributed by atoms with Gasteiger partial charge in [-0.3, -0.25) is 4.79 Å². The van der Waals surface area contributed by atoms with E-state index in [2.05, 4.69) is 41.8 Å². The third-order valence-electron chi connectivity index (χ3n) is 3.31. The SMILES string of the molecule is CCCNCc1cccc(SCC(=O)NCC2CC2)c1. The van der Waals surface area contributed by atoms with Crippen LogP contribution in [0.1, 0.15) is 31.7 Å². The number of hydrogen-bond donors (Lipinski definition) is 2. The predicted octanol–water partition coefficient (Wildman–Crippen LogP) is 2.80. The molecule has 1 aromatic carbocycles. The molecule has 110 valence electrons. The molecule has 0 atom stereocenters. The number of nitrogens with one attached hydrogen (secondary N) is 2. The summed E-state index contributed by atoms with van der Waals surface area (Å²) < 4.78 is 0. The van der Waals surface area contributed by atoms with Crippen molar-refractivity contribution in [2.75, 3.05) is 18.8 Å². The highest BCUT2D eigenvalue weighted by molar-refractivity contribution is 8.00. The van der Waals surface area contributed by atoms with E-state index in [1.807, 2.05) is 0 Å². The summed E-state index contributed by atoms with van der Waals surface area (Å²) in [5, 5.41) is 6.39. The van der Waals surface area contributed by atoms with Crippen molar-refractivity contribution in [1.29, 1.82) is 0 Å². The number of carbonyl (C=O) groups excluding carboxylic acids is 1. The molecule has 0 spiro atoms. The molecule has 0 unspecified atom stereocenters. The summed E-state index contributed by atoms with van der Waals surface area (Å²) in [5.74, 6) is 1.41. The van der Waals surface area contributed by atoms with Gasteiger partial charge >= 0.3 is 0 Å². The summed E-state index contributed by atoms with van der Waals surface area (Å²) in [7, 11) is 0. The van der Waals surface area contributed by atoms with Crippen LogP contribution in [0.15, 0.2) is 29.2 Å². The molecule has 2 rings (SSSR count). The summed E-state index contributed by atoms with van der Waals surface area (Å²) in [5.41, 5.74) is 1.28. The van der Waals surface area contributed by atoms with Gasteiger partial charge in [-0.15, -0.1) is 11.8 Å². The fourth-order valence-corrected chi connectivity index (χ4v) is 2.74. The zero-order valence-corrected chi connectivity index (χ0v) is 13.0. The molecule has 3 nitrogen and oxygen atoms in total. The Morgan fingerprint density at radius 3 is 3.00 bits per heavy atom. The summed E-state index contributed by atoms with van der Waals surface area (Å²) in [6.45, 7) is 4.97. The van der Waals surface area contributed by atoms with Gasteiger partial charge in [0.25, 0.3) is 0 Å². The van der Waals surface area contributed by atoms with Crippen LogP contribution in [0.5, 0.6) is 0 Å². The van der Waals surface area contributed by atoms with Gasteiger partial charge < -0.3 is 10.6 Å². The number of benzene rings is 1. The normalized spacial score (nSPS) is 14.2. The second-order valence-corrected chi connectivity index (χ2v) is 6.41. The molecule has 1 fully saturated rings. The Morgan fingerprint density at radius 2 is 2.25 bits per heavy atom. The monoisotopic (exact) mass is 292 g/mol. The zero-order chi connectivity index (χ0) is 14.2. The van der Waals surface area contributed by atoms with Gasteiger partial charge in [0.05, 0.1) is 5.75 Å². The van der Waals surface area contributed by atoms with Crippen molar-refractivity contribution in [2.24, 2.45) is 5.92 Å². The maximum absolute atomic E-state index is 11.7. The Morgan fingerprint density at radius 1 is 1.40 bits per heavy atom. The van der Waals surface area contributed by atoms with E-state index in [1.54, 1.807) is 11.8 Å². The maximum atomic E-state index is 11.7. The lowest BCUT2D eigenvalue weighted by Crippen LogP contribution is -2.27. The van der Waals surface area contributed by atoms with Gasteiger partial charge in [-0.1, -0.05) is 19.1 Å². The molecule has 0 saturated heterocycles. The van der Waals surface area contributed by atoms with E-state index >= 15 is 0 Å². The average molecular weight is 292 g/mol. The smallest absolute Gasteiger partial charge is 0.230 e. The second-order valence-electron chi connectivity index (χ2n) is 5.36. The van der Waals surface area contributed by atoms with Gasteiger partial charge in [-0.05, 0) is 49.4 Å². The summed E-state index contributed by atoms with van der Waals surface area (Å²) in [4.78, 5) is 12.9. The van der Waals surface area contributed by atoms with Crippen LogP contribution in [-0.2, 0) is 11.3 Å². The standard InChI is InChI=1S/C16H24N2OS/c1-2-8-17-10-14-4-3-5-15(9-14)20-12-16(19)18-11-13-6-7-13/h3-5,9,13,17H,2,6-8,10-12H2,1H3,(H,18,19). The number of thioether (sulfide) groups is 1. The van der Waals surface area contributed by atoms with Crippen molar-refractivity contribution in [3.63, 3.8) is 0 Å². The van der Waals surface area contributed by atoms with Crippen LogP contribution in [0, 0.1) is 5.92 Å². The highest BCUT2D eigenvalue weighted by Crippen LogP contribution is 2.27. The molecule has 1 aromatic rings. The van der Waals surface area contributed by atoms with E-state index in [0.29, 0.717) is 5.75 Å². The maximum Gasteiger partial charge on any atom is 0.230 e. The third-order valence-corrected chi connectivity index (χ3v) is 4.30. The Hall–Kier alpha value is -1.00. The van der Waals surface area contributed by atoms with E-state index in [0.717, 1.165) is 32.0 Å². The first kappa shape index (κ1) is 15.4. The van der Waals surface area contributed by atoms with Gasteiger partial charge in [0.15, 0.2) is 0 Å². The number of hydrogen-bond acceptors (Lipinski definition) is 3. The minimum Gasteiger partial charge on any atom is -0.355 e. The van der Waals surface area contributed by atoms with Crippen molar-refractivity contribution >= 4 is 17.7 Å². The topological polar surface area (TPSA) is 41.1 Å². The molecule has 2 N–H and O–H groups in total. The summed E-state index contributed by atoms with van der Waals surface area (Å²) in [6.07, 6.45) is 3.70. The predicted molar refractivity (Wildman–Crippen MR) is 84.9 cm³/mol. The zero-order valence-electron chi connectivity index (χ0n) is 12.2. The van der Waals surface area contributed by atoms with E-state index in [-0.39, 0.29) is 5.91 Å². The second kappa shape index (κ2) is 8.32. The van der Waals surface area contributed by atoms with E-state index < -0.39 is 0 Å². The molecule has 1 amide bonds. The number of carbonyl (C=O) groups is 1. The Labute approximate surface area is 125 Å². The van der Waals surface area contributed by atoms with Crippen LogP contribution in [0.4, 0.5) is 0 Å². The molecule has 0 bridgehead atoms. The highest BCUT2D eigenvalue weighted by Gasteiger charge is 2.21. The van der Waals surface area contributed by atoms with Crippen LogP contribution >= 0.6 is 11.8 Å². The Balaban J connectivity index is 1.70. The van der Waals surface area contributed by atoms with Crippen LogP contribution in [0.3, 0.4) is 0 Å². The number of amides is 1. The first-order chi connectivity index (χ1) is 9.78. The molecule has 0 aromatic heterocycles. The molecule has 1 saturated carbocycles. The third kappa shape index (κ3) is 5.97. The van der Waals surface area contributed by atoms with Gasteiger partial charge in [-0.2, -0.15) is 0 Å². The van der Waals surface area contributed by atoms with Crippen LogP contribution in [0.25, 0.3) is 0 Å². The lowest BCUT2D eigenvalue weighted by Gasteiger charge is -2.07. The molecule has 20 heavy (non-hydrogen) atoms. The Bertz CT molecular complexity index is 432. The van der Waals surface area contributed by atoms with Crippen molar-refractivity contribution in [1.82, 2.24) is 10.6 Å². The van der Waals surface area contributed by atoms with E-state index in [1.165, 1.54) is 23.3 Å². The fraction of sp³-hybridized carbons (Fsp3) is 0.562. The van der Waals surface area contributed by atoms with Crippen molar-refractivity contribution < 1.29 is 4.79 Å². The van der Waals surface area contributed by atoms with Crippen molar-refractivity contribution in [3.8, 4) is 0 Å². The first-order valence-corrected chi connectivity index (χ1v) is 8.45. The average Bonchev–Trinajstić information content (AvgIpc) is 3.28. The molecule has 1 aliphatic carbocycles. The highest BCUT2D eigenvalue weighted by atomic mass is 32.2. The molecule has 1 aliphatic rings. The van der Waals surface area contributed by atoms with Crippen LogP contribution in [-0.4, -0.2) is 24.7 Å². The lowest BCUT2D eigenvalue weighted by atomic mass is 10.2. The molecule has 4 heteroatoms. The lowest BCUT2D eigenvalue weighted by molar-refractivity contribution is -0.118. The van der Waals surface area contributed by atoms with Gasteiger partial charge in [-0.25, -0.2) is 0 Å². The van der Waals surface area contributed by atoms with Gasteiger partial charge in [0.1, 0.15) is 0 Å². The van der Waals surface area contributed by atoms with Crippen LogP contribution < -0.4 is 10.6 Å². The van der Waals surface area contributed by atoms with E-state index in [9.17, 15) is 4.79 Å². The van der Waals surface area contributed by atoms with Crippen LogP contribution in [0.2, 0.25) is 0 Å². The fourth-order valence-electron chi connectivity index (χ4n) is 1.93. The summed E-state index contributed by atoms with van der Waals surface area (Å²) in [6, 6.07) is 8.43. The Kier molecular flexibility index (Phi) is 6.40. The largest absolute Gasteiger partial charge is 0.355 e. The molecule has 0 aliphatic heterocycles. The summed E-state index contributed by atoms with van der Waals surface area (Å²) >= 11 is 1.61. The first-order valence-electron chi connectivity index (χ1n) is 7.47. The van der Waals surface area contributed by atoms with Gasteiger partial charge in [0, 0.05) is 18.0 Å². The van der Waals surface area contributed by atoms with E-state index in [4.69, 9.17) is 0 Å².